The molecule has 1 aromatic heterocycles. The maximum absolute atomic E-state index is 13.1. The SMILES string of the molecule is COc1ccc(C(=O)N2CCc3ccc(NC(=O)c4cc(-c5ccc(Cl)cc5)on4)cc32)cc1. The fourth-order valence-corrected chi connectivity index (χ4v) is 4.01. The smallest absolute Gasteiger partial charge is 0.277 e. The van der Waals surface area contributed by atoms with Crippen molar-refractivity contribution in [3.8, 4) is 17.1 Å². The second kappa shape index (κ2) is 9.03. The first-order chi connectivity index (χ1) is 16.5. The van der Waals surface area contributed by atoms with E-state index in [1.54, 1.807) is 66.6 Å². The molecule has 3 aromatic carbocycles. The molecular weight excluding hydrogens is 454 g/mol. The summed E-state index contributed by atoms with van der Waals surface area (Å²) in [6.45, 7) is 0.575. The van der Waals surface area contributed by atoms with Gasteiger partial charge in [0.05, 0.1) is 7.11 Å². The molecule has 0 atom stereocenters. The Hall–Kier alpha value is -4.10. The van der Waals surface area contributed by atoms with Crippen molar-refractivity contribution >= 4 is 34.8 Å². The molecule has 34 heavy (non-hydrogen) atoms. The summed E-state index contributed by atoms with van der Waals surface area (Å²) in [4.78, 5) is 27.6. The second-order valence-electron chi connectivity index (χ2n) is 7.82. The van der Waals surface area contributed by atoms with Gasteiger partial charge in [-0.05, 0) is 72.6 Å². The number of halogens is 1. The number of rotatable bonds is 5. The van der Waals surface area contributed by atoms with E-state index in [9.17, 15) is 9.59 Å². The third-order valence-corrected chi connectivity index (χ3v) is 5.94. The number of aromatic nitrogens is 1. The number of carbonyl (C=O) groups excluding carboxylic acids is 2. The van der Waals surface area contributed by atoms with E-state index in [0.717, 1.165) is 23.2 Å². The molecule has 0 saturated carbocycles. The number of nitrogens with one attached hydrogen (secondary N) is 1. The number of benzene rings is 3. The summed E-state index contributed by atoms with van der Waals surface area (Å²) in [6, 6.07) is 21.2. The predicted octanol–water partition coefficient (Wildman–Crippen LogP) is 5.46. The molecule has 0 bridgehead atoms. The Morgan fingerprint density at radius 3 is 2.53 bits per heavy atom. The Morgan fingerprint density at radius 1 is 1.03 bits per heavy atom. The average molecular weight is 474 g/mol. The van der Waals surface area contributed by atoms with Gasteiger partial charge in [0.15, 0.2) is 11.5 Å². The fourth-order valence-electron chi connectivity index (χ4n) is 3.88. The van der Waals surface area contributed by atoms with Gasteiger partial charge in [-0.25, -0.2) is 0 Å². The van der Waals surface area contributed by atoms with E-state index < -0.39 is 5.91 Å². The van der Waals surface area contributed by atoms with E-state index in [-0.39, 0.29) is 11.6 Å². The Kier molecular flexibility index (Phi) is 5.77. The zero-order valence-electron chi connectivity index (χ0n) is 18.2. The summed E-state index contributed by atoms with van der Waals surface area (Å²) in [7, 11) is 1.58. The molecule has 170 valence electrons. The third kappa shape index (κ3) is 4.25. The van der Waals surface area contributed by atoms with Crippen molar-refractivity contribution < 1.29 is 18.8 Å². The topological polar surface area (TPSA) is 84.7 Å². The molecule has 0 saturated heterocycles. The first kappa shape index (κ1) is 21.7. The largest absolute Gasteiger partial charge is 0.497 e. The highest BCUT2D eigenvalue weighted by Crippen LogP contribution is 2.32. The summed E-state index contributed by atoms with van der Waals surface area (Å²) in [5.74, 6) is 0.645. The fraction of sp³-hybridized carbons (Fsp3) is 0.115. The summed E-state index contributed by atoms with van der Waals surface area (Å²) >= 11 is 5.92. The van der Waals surface area contributed by atoms with Crippen LogP contribution in [0.5, 0.6) is 5.75 Å². The van der Waals surface area contributed by atoms with E-state index >= 15 is 0 Å². The quantitative estimate of drug-likeness (QED) is 0.416. The Morgan fingerprint density at radius 2 is 1.79 bits per heavy atom. The maximum atomic E-state index is 13.1. The zero-order valence-corrected chi connectivity index (χ0v) is 19.0. The van der Waals surface area contributed by atoms with Crippen molar-refractivity contribution in [3.63, 3.8) is 0 Å². The lowest BCUT2D eigenvalue weighted by Crippen LogP contribution is -2.28. The molecule has 2 heterocycles. The molecule has 2 amide bonds. The van der Waals surface area contributed by atoms with Crippen molar-refractivity contribution in [3.05, 3.63) is 94.6 Å². The molecule has 0 radical (unpaired) electrons. The molecule has 7 nitrogen and oxygen atoms in total. The molecule has 1 N–H and O–H groups in total. The van der Waals surface area contributed by atoms with Gasteiger partial charge in [0.25, 0.3) is 11.8 Å². The number of anilines is 2. The standard InChI is InChI=1S/C26H20ClN3O4/c1-33-21-10-5-18(6-11-21)26(32)30-13-12-16-4-9-20(14-23(16)30)28-25(31)22-15-24(34-29-22)17-2-7-19(27)8-3-17/h2-11,14-15H,12-13H2,1H3,(H,28,31). The lowest BCUT2D eigenvalue weighted by atomic mass is 10.1. The summed E-state index contributed by atoms with van der Waals surface area (Å²) in [5.41, 5.74) is 3.87. The van der Waals surface area contributed by atoms with Crippen molar-refractivity contribution in [2.45, 2.75) is 6.42 Å². The molecular formula is C26H20ClN3O4. The number of hydrogen-bond donors (Lipinski definition) is 1. The Bertz CT molecular complexity index is 1360. The van der Waals surface area contributed by atoms with Crippen LogP contribution in [0.25, 0.3) is 11.3 Å². The maximum Gasteiger partial charge on any atom is 0.277 e. The van der Waals surface area contributed by atoms with E-state index in [1.807, 2.05) is 18.2 Å². The number of nitrogens with zero attached hydrogens (tertiary/aromatic N) is 2. The molecule has 0 fully saturated rings. The van der Waals surface area contributed by atoms with Gasteiger partial charge < -0.3 is 19.5 Å². The van der Waals surface area contributed by atoms with E-state index in [0.29, 0.717) is 34.3 Å². The molecule has 4 aromatic rings. The van der Waals surface area contributed by atoms with Crippen molar-refractivity contribution in [2.75, 3.05) is 23.9 Å². The molecule has 1 aliphatic rings. The van der Waals surface area contributed by atoms with Gasteiger partial charge in [-0.2, -0.15) is 0 Å². The number of amides is 2. The van der Waals surface area contributed by atoms with Crippen LogP contribution in [0.1, 0.15) is 26.4 Å². The predicted molar refractivity (Wildman–Crippen MR) is 130 cm³/mol. The molecule has 0 unspecified atom stereocenters. The molecule has 8 heteroatoms. The van der Waals surface area contributed by atoms with Crippen LogP contribution in [0.2, 0.25) is 5.02 Å². The van der Waals surface area contributed by atoms with Crippen molar-refractivity contribution in [2.24, 2.45) is 0 Å². The van der Waals surface area contributed by atoms with Crippen LogP contribution in [-0.4, -0.2) is 30.6 Å². The van der Waals surface area contributed by atoms with Gasteiger partial charge in [-0.15, -0.1) is 0 Å². The summed E-state index contributed by atoms with van der Waals surface area (Å²) < 4.78 is 10.5. The number of ether oxygens (including phenoxy) is 1. The van der Waals surface area contributed by atoms with E-state index in [2.05, 4.69) is 10.5 Å². The van der Waals surface area contributed by atoms with Crippen LogP contribution in [0.3, 0.4) is 0 Å². The van der Waals surface area contributed by atoms with Crippen LogP contribution in [-0.2, 0) is 6.42 Å². The highest BCUT2D eigenvalue weighted by molar-refractivity contribution is 6.30. The van der Waals surface area contributed by atoms with Crippen LogP contribution in [0, 0.1) is 0 Å². The first-order valence-electron chi connectivity index (χ1n) is 10.6. The Balaban J connectivity index is 1.33. The highest BCUT2D eigenvalue weighted by Gasteiger charge is 2.26. The van der Waals surface area contributed by atoms with Crippen LogP contribution >= 0.6 is 11.6 Å². The third-order valence-electron chi connectivity index (χ3n) is 5.69. The lowest BCUT2D eigenvalue weighted by Gasteiger charge is -2.18. The number of hydrogen-bond acceptors (Lipinski definition) is 5. The first-order valence-corrected chi connectivity index (χ1v) is 11.0. The van der Waals surface area contributed by atoms with E-state index in [1.165, 1.54) is 0 Å². The minimum atomic E-state index is -0.407. The lowest BCUT2D eigenvalue weighted by molar-refractivity contribution is 0.0987. The monoisotopic (exact) mass is 473 g/mol. The number of fused-ring (bicyclic) bond motifs is 1. The molecule has 0 spiro atoms. The van der Waals surface area contributed by atoms with Crippen LogP contribution in [0.4, 0.5) is 11.4 Å². The number of methoxy groups -OCH3 is 1. The molecule has 5 rings (SSSR count). The highest BCUT2D eigenvalue weighted by atomic mass is 35.5. The zero-order chi connectivity index (χ0) is 23.7. The van der Waals surface area contributed by atoms with Gasteiger partial charge in [-0.1, -0.05) is 22.8 Å². The minimum Gasteiger partial charge on any atom is -0.497 e. The van der Waals surface area contributed by atoms with Crippen LogP contribution in [0.15, 0.2) is 77.3 Å². The van der Waals surface area contributed by atoms with Crippen molar-refractivity contribution in [1.29, 1.82) is 0 Å². The van der Waals surface area contributed by atoms with Crippen LogP contribution < -0.4 is 15.0 Å². The van der Waals surface area contributed by atoms with Crippen molar-refractivity contribution in [1.82, 2.24) is 5.16 Å². The minimum absolute atomic E-state index is 0.103. The Labute approximate surface area is 200 Å². The van der Waals surface area contributed by atoms with Gasteiger partial charge in [0.2, 0.25) is 0 Å². The van der Waals surface area contributed by atoms with Gasteiger partial charge in [0, 0.05) is 40.1 Å². The average Bonchev–Trinajstić information content (AvgIpc) is 3.52. The van der Waals surface area contributed by atoms with E-state index in [4.69, 9.17) is 20.9 Å². The van der Waals surface area contributed by atoms with Gasteiger partial charge >= 0.3 is 0 Å². The van der Waals surface area contributed by atoms with Gasteiger partial charge in [-0.3, -0.25) is 9.59 Å². The molecule has 0 aliphatic carbocycles. The number of carbonyl (C=O) groups is 2. The molecule has 1 aliphatic heterocycles. The second-order valence-corrected chi connectivity index (χ2v) is 8.25. The van der Waals surface area contributed by atoms with Gasteiger partial charge in [0.1, 0.15) is 5.75 Å². The normalized spacial score (nSPS) is 12.4. The summed E-state index contributed by atoms with van der Waals surface area (Å²) in [5, 5.41) is 7.33. The summed E-state index contributed by atoms with van der Waals surface area (Å²) in [6.07, 6.45) is 0.749.